The SMILES string of the molecule is Cc1sc2nc3n(c(=O)c2c1C)CC/C3=C/c1cccc2ccccc12. The Hall–Kier alpha value is -2.72. The highest BCUT2D eigenvalue weighted by Gasteiger charge is 2.23. The van der Waals surface area contributed by atoms with E-state index in [4.69, 9.17) is 4.98 Å². The van der Waals surface area contributed by atoms with E-state index in [1.54, 1.807) is 11.3 Å². The molecule has 1 aliphatic heterocycles. The maximum absolute atomic E-state index is 13.0. The maximum atomic E-state index is 13.0. The van der Waals surface area contributed by atoms with Crippen LogP contribution in [0.3, 0.4) is 0 Å². The number of rotatable bonds is 1. The van der Waals surface area contributed by atoms with Gasteiger partial charge in [-0.05, 0) is 53.8 Å². The van der Waals surface area contributed by atoms with Crippen LogP contribution in [0, 0.1) is 13.8 Å². The van der Waals surface area contributed by atoms with Gasteiger partial charge in [0.15, 0.2) is 0 Å². The highest BCUT2D eigenvalue weighted by atomic mass is 32.1. The van der Waals surface area contributed by atoms with Crippen molar-refractivity contribution in [1.29, 1.82) is 0 Å². The van der Waals surface area contributed by atoms with Gasteiger partial charge >= 0.3 is 0 Å². The lowest BCUT2D eigenvalue weighted by molar-refractivity contribution is 0.726. The summed E-state index contributed by atoms with van der Waals surface area (Å²) in [5, 5.41) is 3.25. The molecule has 2 aromatic carbocycles. The van der Waals surface area contributed by atoms with Gasteiger partial charge in [-0.25, -0.2) is 4.98 Å². The summed E-state index contributed by atoms with van der Waals surface area (Å²) in [7, 11) is 0. The second-order valence-corrected chi connectivity index (χ2v) is 8.05. The lowest BCUT2D eigenvalue weighted by atomic mass is 10.0. The number of thiophene rings is 1. The summed E-state index contributed by atoms with van der Waals surface area (Å²) in [6.07, 6.45) is 3.05. The third-order valence-corrected chi connectivity index (χ3v) is 6.44. The third-order valence-electron chi connectivity index (χ3n) is 5.33. The van der Waals surface area contributed by atoms with Crippen LogP contribution in [0.25, 0.3) is 32.6 Å². The number of fused-ring (bicyclic) bond motifs is 3. The van der Waals surface area contributed by atoms with Crippen molar-refractivity contribution in [2.75, 3.05) is 0 Å². The molecule has 26 heavy (non-hydrogen) atoms. The Morgan fingerprint density at radius 1 is 1.12 bits per heavy atom. The molecule has 0 saturated carbocycles. The van der Waals surface area contributed by atoms with Crippen LogP contribution in [0.4, 0.5) is 0 Å². The molecule has 0 fully saturated rings. The molecule has 3 nitrogen and oxygen atoms in total. The van der Waals surface area contributed by atoms with Gasteiger partial charge in [0.25, 0.3) is 5.56 Å². The summed E-state index contributed by atoms with van der Waals surface area (Å²) in [5.41, 5.74) is 3.50. The molecule has 5 rings (SSSR count). The molecule has 128 valence electrons. The summed E-state index contributed by atoms with van der Waals surface area (Å²) in [4.78, 5) is 19.9. The first-order valence-corrected chi connectivity index (χ1v) is 9.64. The van der Waals surface area contributed by atoms with Gasteiger partial charge in [0, 0.05) is 11.4 Å². The minimum Gasteiger partial charge on any atom is -0.292 e. The van der Waals surface area contributed by atoms with E-state index in [2.05, 4.69) is 55.5 Å². The summed E-state index contributed by atoms with van der Waals surface area (Å²) in [5.74, 6) is 0.830. The fraction of sp³-hybridized carbons (Fsp3) is 0.182. The molecular formula is C22H18N2OS. The van der Waals surface area contributed by atoms with Crippen LogP contribution in [0.2, 0.25) is 0 Å². The van der Waals surface area contributed by atoms with Crippen molar-refractivity contribution in [3.8, 4) is 0 Å². The largest absolute Gasteiger partial charge is 0.292 e. The van der Waals surface area contributed by atoms with Gasteiger partial charge < -0.3 is 0 Å². The van der Waals surface area contributed by atoms with E-state index in [1.165, 1.54) is 21.2 Å². The zero-order valence-electron chi connectivity index (χ0n) is 14.7. The zero-order chi connectivity index (χ0) is 17.8. The van der Waals surface area contributed by atoms with E-state index in [-0.39, 0.29) is 5.56 Å². The van der Waals surface area contributed by atoms with Crippen LogP contribution in [0.5, 0.6) is 0 Å². The number of nitrogens with zero attached hydrogens (tertiary/aromatic N) is 2. The average Bonchev–Trinajstić information content (AvgIpc) is 3.17. The molecule has 0 atom stereocenters. The molecule has 0 N–H and O–H groups in total. The molecule has 1 aliphatic rings. The van der Waals surface area contributed by atoms with Crippen molar-refractivity contribution < 1.29 is 0 Å². The summed E-state index contributed by atoms with van der Waals surface area (Å²) < 4.78 is 1.85. The minimum atomic E-state index is 0.105. The first kappa shape index (κ1) is 15.5. The molecule has 4 aromatic rings. The van der Waals surface area contributed by atoms with Crippen LogP contribution < -0.4 is 5.56 Å². The van der Waals surface area contributed by atoms with E-state index in [1.807, 2.05) is 11.5 Å². The predicted molar refractivity (Wildman–Crippen MR) is 110 cm³/mol. The summed E-state index contributed by atoms with van der Waals surface area (Å²) in [6.45, 7) is 4.79. The number of aromatic nitrogens is 2. The van der Waals surface area contributed by atoms with Gasteiger partial charge in [-0.2, -0.15) is 0 Å². The lowest BCUT2D eigenvalue weighted by Crippen LogP contribution is -2.20. The Morgan fingerprint density at radius 3 is 2.81 bits per heavy atom. The molecule has 0 radical (unpaired) electrons. The van der Waals surface area contributed by atoms with E-state index in [0.29, 0.717) is 6.54 Å². The van der Waals surface area contributed by atoms with Gasteiger partial charge in [0.1, 0.15) is 10.7 Å². The molecule has 4 heteroatoms. The van der Waals surface area contributed by atoms with Gasteiger partial charge in [0.2, 0.25) is 0 Å². The number of hydrogen-bond donors (Lipinski definition) is 0. The topological polar surface area (TPSA) is 34.9 Å². The highest BCUT2D eigenvalue weighted by Crippen LogP contribution is 2.33. The second-order valence-electron chi connectivity index (χ2n) is 6.84. The Labute approximate surface area is 155 Å². The molecule has 0 bridgehead atoms. The van der Waals surface area contributed by atoms with Crippen LogP contribution in [-0.4, -0.2) is 9.55 Å². The fourth-order valence-electron chi connectivity index (χ4n) is 3.82. The first-order chi connectivity index (χ1) is 12.6. The van der Waals surface area contributed by atoms with Crippen LogP contribution in [0.15, 0.2) is 47.3 Å². The Bertz CT molecular complexity index is 1270. The third kappa shape index (κ3) is 2.19. The molecule has 2 aromatic heterocycles. The lowest BCUT2D eigenvalue weighted by Gasteiger charge is -2.05. The van der Waals surface area contributed by atoms with Crippen LogP contribution in [-0.2, 0) is 6.54 Å². The van der Waals surface area contributed by atoms with Gasteiger partial charge in [-0.15, -0.1) is 11.3 Å². The number of hydrogen-bond acceptors (Lipinski definition) is 3. The van der Waals surface area contributed by atoms with Crippen molar-refractivity contribution in [3.63, 3.8) is 0 Å². The molecular weight excluding hydrogens is 340 g/mol. The molecule has 0 aliphatic carbocycles. The van der Waals surface area contributed by atoms with E-state index in [0.717, 1.165) is 33.6 Å². The Balaban J connectivity index is 1.74. The molecule has 0 amide bonds. The van der Waals surface area contributed by atoms with Gasteiger partial charge in [0.05, 0.1) is 5.39 Å². The van der Waals surface area contributed by atoms with E-state index >= 15 is 0 Å². The Kier molecular flexibility index (Phi) is 3.37. The minimum absolute atomic E-state index is 0.105. The second kappa shape index (κ2) is 5.64. The van der Waals surface area contributed by atoms with Crippen LogP contribution >= 0.6 is 11.3 Å². The normalized spacial score (nSPS) is 15.2. The van der Waals surface area contributed by atoms with Crippen molar-refractivity contribution in [3.05, 3.63) is 74.6 Å². The number of benzene rings is 2. The fourth-order valence-corrected chi connectivity index (χ4v) is 4.84. The average molecular weight is 358 g/mol. The molecule has 3 heterocycles. The number of allylic oxidation sites excluding steroid dienone is 1. The van der Waals surface area contributed by atoms with E-state index < -0.39 is 0 Å². The highest BCUT2D eigenvalue weighted by molar-refractivity contribution is 7.18. The smallest absolute Gasteiger partial charge is 0.262 e. The predicted octanol–water partition coefficient (Wildman–Crippen LogP) is 5.17. The Morgan fingerprint density at radius 2 is 1.92 bits per heavy atom. The summed E-state index contributed by atoms with van der Waals surface area (Å²) in [6, 6.07) is 14.7. The quantitative estimate of drug-likeness (QED) is 0.470. The number of aryl methyl sites for hydroxylation is 2. The maximum Gasteiger partial charge on any atom is 0.262 e. The summed E-state index contributed by atoms with van der Waals surface area (Å²) >= 11 is 1.62. The molecule has 0 spiro atoms. The van der Waals surface area contributed by atoms with Gasteiger partial charge in [-0.1, -0.05) is 42.5 Å². The van der Waals surface area contributed by atoms with Crippen molar-refractivity contribution in [1.82, 2.24) is 9.55 Å². The molecule has 0 unspecified atom stereocenters. The van der Waals surface area contributed by atoms with Gasteiger partial charge in [-0.3, -0.25) is 9.36 Å². The standard InChI is InChI=1S/C22H18N2OS/c1-13-14(2)26-21-19(13)22(25)24-11-10-17(20(24)23-21)12-16-8-5-7-15-6-3-4-9-18(15)16/h3-9,12H,10-11H2,1-2H3/b17-12-. The van der Waals surface area contributed by atoms with Crippen LogP contribution in [0.1, 0.15) is 28.2 Å². The van der Waals surface area contributed by atoms with Crippen molar-refractivity contribution in [2.24, 2.45) is 0 Å². The van der Waals surface area contributed by atoms with Crippen molar-refractivity contribution >= 4 is 44.0 Å². The monoisotopic (exact) mass is 358 g/mol. The van der Waals surface area contributed by atoms with E-state index in [9.17, 15) is 4.79 Å². The molecule has 0 saturated heterocycles. The zero-order valence-corrected chi connectivity index (χ0v) is 15.6. The first-order valence-electron chi connectivity index (χ1n) is 8.83. The van der Waals surface area contributed by atoms with Crippen molar-refractivity contribution in [2.45, 2.75) is 26.8 Å².